The van der Waals surface area contributed by atoms with Crippen molar-refractivity contribution in [2.75, 3.05) is 0 Å². The standard InChI is InChI=1S/C10H8N6O2S/c17-10(11-5-9-12-15-16-13-9)6-4-7(18-14-6)8-2-1-3-19-8/h1-4H,5H2,(H,11,17)(H,12,13,15,16). The Morgan fingerprint density at radius 3 is 3.21 bits per heavy atom. The lowest BCUT2D eigenvalue weighted by molar-refractivity contribution is 0.0941. The van der Waals surface area contributed by atoms with Crippen LogP contribution in [0.2, 0.25) is 0 Å². The van der Waals surface area contributed by atoms with E-state index in [-0.39, 0.29) is 18.1 Å². The van der Waals surface area contributed by atoms with Crippen LogP contribution in [-0.2, 0) is 6.54 Å². The molecule has 0 radical (unpaired) electrons. The predicted molar refractivity (Wildman–Crippen MR) is 65.2 cm³/mol. The molecule has 8 nitrogen and oxygen atoms in total. The number of carbonyl (C=O) groups is 1. The van der Waals surface area contributed by atoms with E-state index in [0.29, 0.717) is 11.6 Å². The van der Waals surface area contributed by atoms with Crippen molar-refractivity contribution in [1.82, 2.24) is 31.1 Å². The summed E-state index contributed by atoms with van der Waals surface area (Å²) in [7, 11) is 0. The van der Waals surface area contributed by atoms with Crippen molar-refractivity contribution in [3.8, 4) is 10.6 Å². The van der Waals surface area contributed by atoms with Gasteiger partial charge in [-0.1, -0.05) is 16.4 Å². The fourth-order valence-electron chi connectivity index (χ4n) is 1.42. The zero-order chi connectivity index (χ0) is 13.1. The summed E-state index contributed by atoms with van der Waals surface area (Å²) in [4.78, 5) is 12.7. The number of tetrazole rings is 1. The molecule has 0 saturated carbocycles. The smallest absolute Gasteiger partial charge is 0.273 e. The monoisotopic (exact) mass is 276 g/mol. The molecular formula is C10H8N6O2S. The van der Waals surface area contributed by atoms with Gasteiger partial charge in [0.2, 0.25) is 0 Å². The number of aromatic nitrogens is 5. The van der Waals surface area contributed by atoms with Crippen LogP contribution < -0.4 is 5.32 Å². The highest BCUT2D eigenvalue weighted by molar-refractivity contribution is 7.13. The van der Waals surface area contributed by atoms with Crippen molar-refractivity contribution in [3.05, 3.63) is 35.1 Å². The summed E-state index contributed by atoms with van der Waals surface area (Å²) < 4.78 is 5.12. The highest BCUT2D eigenvalue weighted by Crippen LogP contribution is 2.24. The van der Waals surface area contributed by atoms with E-state index in [1.807, 2.05) is 17.5 Å². The molecule has 0 aromatic carbocycles. The van der Waals surface area contributed by atoms with Crippen LogP contribution >= 0.6 is 11.3 Å². The molecule has 2 N–H and O–H groups in total. The largest absolute Gasteiger partial charge is 0.355 e. The molecule has 3 heterocycles. The SMILES string of the molecule is O=C(NCc1nn[nH]n1)c1cc(-c2cccs2)on1. The van der Waals surface area contributed by atoms with Crippen molar-refractivity contribution >= 4 is 17.2 Å². The first-order chi connectivity index (χ1) is 9.33. The normalized spacial score (nSPS) is 10.5. The van der Waals surface area contributed by atoms with Gasteiger partial charge in [0.15, 0.2) is 17.3 Å². The maximum absolute atomic E-state index is 11.8. The average Bonchev–Trinajstić information content (AvgIpc) is 3.14. The molecule has 0 aliphatic heterocycles. The van der Waals surface area contributed by atoms with E-state index in [1.165, 1.54) is 11.3 Å². The van der Waals surface area contributed by atoms with Crippen LogP contribution in [0.25, 0.3) is 10.6 Å². The molecule has 0 aliphatic carbocycles. The number of hydrogen-bond donors (Lipinski definition) is 2. The molecule has 9 heteroatoms. The van der Waals surface area contributed by atoms with Crippen LogP contribution in [0.5, 0.6) is 0 Å². The Morgan fingerprint density at radius 1 is 1.53 bits per heavy atom. The van der Waals surface area contributed by atoms with Gasteiger partial charge in [0.1, 0.15) is 0 Å². The van der Waals surface area contributed by atoms with E-state index in [9.17, 15) is 4.79 Å². The van der Waals surface area contributed by atoms with Crippen LogP contribution in [-0.4, -0.2) is 31.7 Å². The molecular weight excluding hydrogens is 268 g/mol. The number of aromatic amines is 1. The zero-order valence-electron chi connectivity index (χ0n) is 9.53. The summed E-state index contributed by atoms with van der Waals surface area (Å²) in [5, 5.41) is 21.4. The molecule has 3 aromatic heterocycles. The van der Waals surface area contributed by atoms with Gasteiger partial charge in [0.05, 0.1) is 11.4 Å². The summed E-state index contributed by atoms with van der Waals surface area (Å²) in [6.45, 7) is 0.177. The molecule has 3 rings (SSSR count). The first kappa shape index (κ1) is 11.5. The third kappa shape index (κ3) is 2.50. The maximum atomic E-state index is 11.8. The van der Waals surface area contributed by atoms with Crippen molar-refractivity contribution in [1.29, 1.82) is 0 Å². The van der Waals surface area contributed by atoms with E-state index >= 15 is 0 Å². The summed E-state index contributed by atoms with van der Waals surface area (Å²) in [5.41, 5.74) is 0.215. The van der Waals surface area contributed by atoms with E-state index in [4.69, 9.17) is 4.52 Å². The molecule has 0 fully saturated rings. The molecule has 0 atom stereocenters. The number of thiophene rings is 1. The Bertz CT molecular complexity index is 660. The minimum atomic E-state index is -0.351. The van der Waals surface area contributed by atoms with Crippen LogP contribution in [0.1, 0.15) is 16.3 Å². The van der Waals surface area contributed by atoms with Gasteiger partial charge in [-0.05, 0) is 11.4 Å². The first-order valence-corrected chi connectivity index (χ1v) is 6.22. The molecule has 0 spiro atoms. The van der Waals surface area contributed by atoms with E-state index < -0.39 is 0 Å². The second kappa shape index (κ2) is 4.98. The minimum Gasteiger partial charge on any atom is -0.355 e. The number of nitrogens with one attached hydrogen (secondary N) is 2. The molecule has 0 unspecified atom stereocenters. The predicted octanol–water partition coefficient (Wildman–Crippen LogP) is 0.846. The van der Waals surface area contributed by atoms with Crippen LogP contribution in [0, 0.1) is 0 Å². The van der Waals surface area contributed by atoms with E-state index in [1.54, 1.807) is 6.07 Å². The Hall–Kier alpha value is -2.55. The fraction of sp³-hybridized carbons (Fsp3) is 0.100. The van der Waals surface area contributed by atoms with Crippen molar-refractivity contribution in [2.45, 2.75) is 6.54 Å². The Morgan fingerprint density at radius 2 is 2.47 bits per heavy atom. The summed E-state index contributed by atoms with van der Waals surface area (Å²) in [6, 6.07) is 5.39. The van der Waals surface area contributed by atoms with Gasteiger partial charge in [-0.15, -0.1) is 21.5 Å². The lowest BCUT2D eigenvalue weighted by atomic mass is 10.3. The summed E-state index contributed by atoms with van der Waals surface area (Å²) in [5.74, 6) is 0.617. The maximum Gasteiger partial charge on any atom is 0.273 e. The van der Waals surface area contributed by atoms with Gasteiger partial charge in [-0.25, -0.2) is 0 Å². The number of H-pyrrole nitrogens is 1. The number of nitrogens with zero attached hydrogens (tertiary/aromatic N) is 4. The molecule has 3 aromatic rings. The highest BCUT2D eigenvalue weighted by atomic mass is 32.1. The Labute approximate surface area is 110 Å². The Balaban J connectivity index is 1.67. The third-order valence-corrected chi connectivity index (χ3v) is 3.19. The van der Waals surface area contributed by atoms with Gasteiger partial charge >= 0.3 is 0 Å². The van der Waals surface area contributed by atoms with Crippen molar-refractivity contribution < 1.29 is 9.32 Å². The van der Waals surface area contributed by atoms with E-state index in [0.717, 1.165) is 4.88 Å². The van der Waals surface area contributed by atoms with Gasteiger partial charge < -0.3 is 9.84 Å². The number of rotatable bonds is 4. The zero-order valence-corrected chi connectivity index (χ0v) is 10.3. The number of hydrogen-bond acceptors (Lipinski definition) is 7. The van der Waals surface area contributed by atoms with Gasteiger partial charge in [-0.3, -0.25) is 4.79 Å². The number of carbonyl (C=O) groups excluding carboxylic acids is 1. The fourth-order valence-corrected chi connectivity index (χ4v) is 2.10. The van der Waals surface area contributed by atoms with E-state index in [2.05, 4.69) is 31.1 Å². The third-order valence-electron chi connectivity index (χ3n) is 2.30. The summed E-state index contributed by atoms with van der Waals surface area (Å²) >= 11 is 1.51. The highest BCUT2D eigenvalue weighted by Gasteiger charge is 2.14. The molecule has 0 bridgehead atoms. The topological polar surface area (TPSA) is 110 Å². The molecule has 0 aliphatic rings. The molecule has 1 amide bonds. The van der Waals surface area contributed by atoms with Crippen LogP contribution in [0.3, 0.4) is 0 Å². The van der Waals surface area contributed by atoms with Gasteiger partial charge in [0.25, 0.3) is 5.91 Å². The summed E-state index contributed by atoms with van der Waals surface area (Å²) in [6.07, 6.45) is 0. The average molecular weight is 276 g/mol. The van der Waals surface area contributed by atoms with Crippen LogP contribution in [0.15, 0.2) is 28.1 Å². The molecule has 19 heavy (non-hydrogen) atoms. The quantitative estimate of drug-likeness (QED) is 0.731. The second-order valence-corrected chi connectivity index (χ2v) is 4.51. The molecule has 0 saturated heterocycles. The van der Waals surface area contributed by atoms with Crippen molar-refractivity contribution in [2.24, 2.45) is 0 Å². The van der Waals surface area contributed by atoms with Gasteiger partial charge in [0, 0.05) is 6.07 Å². The Kier molecular flexibility index (Phi) is 3.02. The van der Waals surface area contributed by atoms with Crippen molar-refractivity contribution in [3.63, 3.8) is 0 Å². The number of amides is 1. The molecule has 96 valence electrons. The van der Waals surface area contributed by atoms with Gasteiger partial charge in [-0.2, -0.15) is 5.21 Å². The lowest BCUT2D eigenvalue weighted by Crippen LogP contribution is -2.23. The lowest BCUT2D eigenvalue weighted by Gasteiger charge is -1.96. The van der Waals surface area contributed by atoms with Crippen LogP contribution in [0.4, 0.5) is 0 Å². The second-order valence-electron chi connectivity index (χ2n) is 3.56. The first-order valence-electron chi connectivity index (χ1n) is 5.34. The minimum absolute atomic E-state index is 0.177.